The van der Waals surface area contributed by atoms with Crippen molar-refractivity contribution < 1.29 is 19.4 Å². The molecule has 1 aromatic rings. The van der Waals surface area contributed by atoms with Crippen LogP contribution in [0.3, 0.4) is 0 Å². The summed E-state index contributed by atoms with van der Waals surface area (Å²) in [5, 5.41) is 11.9. The molecule has 0 bridgehead atoms. The molecule has 20 heavy (non-hydrogen) atoms. The van der Waals surface area contributed by atoms with Crippen LogP contribution in [-0.2, 0) is 20.7 Å². The van der Waals surface area contributed by atoms with Crippen molar-refractivity contribution in [1.82, 2.24) is 5.32 Å². The number of rotatable bonds is 4. The van der Waals surface area contributed by atoms with E-state index in [1.165, 1.54) is 6.08 Å². The molecule has 0 aliphatic carbocycles. The largest absolute Gasteiger partial charge is 0.480 e. The first-order chi connectivity index (χ1) is 9.74. The lowest BCUT2D eigenvalue weighted by atomic mass is 10.1. The Morgan fingerprint density at radius 3 is 2.40 bits per heavy atom. The molecule has 108 valence electrons. The average molecular weight is 278 g/mol. The maximum atomic E-state index is 10.6. The van der Waals surface area contributed by atoms with Gasteiger partial charge in [0.2, 0.25) is 6.08 Å². The van der Waals surface area contributed by atoms with Crippen LogP contribution in [-0.4, -0.2) is 49.5 Å². The second-order valence-corrected chi connectivity index (χ2v) is 4.13. The Bertz CT molecular complexity index is 426. The fourth-order valence-electron chi connectivity index (χ4n) is 1.60. The van der Waals surface area contributed by atoms with Crippen molar-refractivity contribution in [1.29, 1.82) is 0 Å². The molecular weight excluding hydrogens is 260 g/mol. The van der Waals surface area contributed by atoms with Crippen LogP contribution in [0.25, 0.3) is 0 Å². The highest BCUT2D eigenvalue weighted by molar-refractivity contribution is 5.75. The summed E-state index contributed by atoms with van der Waals surface area (Å²) in [5.74, 6) is -1.11. The first kappa shape index (κ1) is 16.0. The van der Waals surface area contributed by atoms with Crippen molar-refractivity contribution >= 4 is 12.0 Å². The summed E-state index contributed by atoms with van der Waals surface area (Å²) < 4.78 is 5.01. The first-order valence-corrected chi connectivity index (χ1v) is 6.36. The minimum atomic E-state index is -1.11. The van der Waals surface area contributed by atoms with Crippen LogP contribution in [0.15, 0.2) is 35.3 Å². The number of carbonyl (C=O) groups excluding carboxylic acids is 1. The van der Waals surface area contributed by atoms with E-state index in [1.807, 2.05) is 6.07 Å². The lowest BCUT2D eigenvalue weighted by Gasteiger charge is -2.10. The van der Waals surface area contributed by atoms with E-state index in [4.69, 9.17) is 9.84 Å². The minimum absolute atomic E-state index is 0.214. The molecule has 2 N–H and O–H groups in total. The number of hydrogen-bond donors (Lipinski definition) is 2. The third-order valence-corrected chi connectivity index (χ3v) is 2.61. The molecule has 0 radical (unpaired) electrons. The SMILES string of the molecule is C1COCCN1.O=C=N[C@@H](Cc1ccccc1)C(=O)O. The number of nitrogens with zero attached hydrogens (tertiary/aromatic N) is 1. The van der Waals surface area contributed by atoms with Gasteiger partial charge in [-0.1, -0.05) is 30.3 Å². The normalized spacial score (nSPS) is 15.2. The van der Waals surface area contributed by atoms with Crippen molar-refractivity contribution in [2.45, 2.75) is 12.5 Å². The number of aliphatic imine (C=N–C) groups is 1. The molecule has 0 saturated carbocycles. The molecule has 0 amide bonds. The zero-order valence-electron chi connectivity index (χ0n) is 11.1. The Balaban J connectivity index is 0.000000276. The van der Waals surface area contributed by atoms with Crippen molar-refractivity contribution in [3.05, 3.63) is 35.9 Å². The van der Waals surface area contributed by atoms with Crippen molar-refractivity contribution in [3.63, 3.8) is 0 Å². The molecule has 0 spiro atoms. The Morgan fingerprint density at radius 1 is 1.35 bits per heavy atom. The molecule has 1 fully saturated rings. The molecule has 1 heterocycles. The number of carboxylic acid groups (broad SMARTS) is 1. The van der Waals surface area contributed by atoms with Gasteiger partial charge in [-0.2, -0.15) is 4.99 Å². The second-order valence-electron chi connectivity index (χ2n) is 4.13. The molecule has 1 saturated heterocycles. The quantitative estimate of drug-likeness (QED) is 0.623. The number of isocyanates is 1. The third-order valence-electron chi connectivity index (χ3n) is 2.61. The van der Waals surface area contributed by atoms with Gasteiger partial charge in [0.25, 0.3) is 0 Å². The maximum Gasteiger partial charge on any atom is 0.329 e. The van der Waals surface area contributed by atoms with Crippen molar-refractivity contribution in [3.8, 4) is 0 Å². The predicted octanol–water partition coefficient (Wildman–Crippen LogP) is 0.624. The summed E-state index contributed by atoms with van der Waals surface area (Å²) in [4.78, 5) is 23.8. The molecule has 6 heteroatoms. The predicted molar refractivity (Wildman–Crippen MR) is 73.4 cm³/mol. The van der Waals surface area contributed by atoms with E-state index in [2.05, 4.69) is 10.3 Å². The highest BCUT2D eigenvalue weighted by Crippen LogP contribution is 2.05. The molecular formula is C14H18N2O4. The number of aliphatic carboxylic acids is 1. The van der Waals surface area contributed by atoms with Gasteiger partial charge in [-0.05, 0) is 5.56 Å². The molecule has 1 aromatic carbocycles. The van der Waals surface area contributed by atoms with E-state index in [9.17, 15) is 9.59 Å². The standard InChI is InChI=1S/C10H9NO3.C4H9NO/c12-7-11-9(10(13)14)6-8-4-2-1-3-5-8;1-3-6-4-2-5-1/h1-5,9H,6H2,(H,13,14);5H,1-4H2/t9-;/m0./s1. The molecule has 0 unspecified atom stereocenters. The number of ether oxygens (including phenoxy) is 1. The van der Waals surface area contributed by atoms with Crippen LogP contribution < -0.4 is 5.32 Å². The summed E-state index contributed by atoms with van der Waals surface area (Å²) >= 11 is 0. The van der Waals surface area contributed by atoms with Crippen molar-refractivity contribution in [2.24, 2.45) is 4.99 Å². The zero-order chi connectivity index (χ0) is 14.6. The molecule has 1 atom stereocenters. The monoisotopic (exact) mass is 278 g/mol. The molecule has 1 aliphatic heterocycles. The number of morpholine rings is 1. The van der Waals surface area contributed by atoms with Crippen molar-refractivity contribution in [2.75, 3.05) is 26.3 Å². The number of hydrogen-bond acceptors (Lipinski definition) is 5. The highest BCUT2D eigenvalue weighted by atomic mass is 16.5. The van der Waals surface area contributed by atoms with E-state index >= 15 is 0 Å². The summed E-state index contributed by atoms with van der Waals surface area (Å²) in [7, 11) is 0. The molecule has 1 aliphatic rings. The molecule has 2 rings (SSSR count). The minimum Gasteiger partial charge on any atom is -0.480 e. The summed E-state index contributed by atoms with van der Waals surface area (Å²) in [5.41, 5.74) is 0.832. The van der Waals surface area contributed by atoms with E-state index in [0.29, 0.717) is 0 Å². The highest BCUT2D eigenvalue weighted by Gasteiger charge is 2.16. The molecule has 0 aromatic heterocycles. The average Bonchev–Trinajstić information content (AvgIpc) is 2.50. The topological polar surface area (TPSA) is 88.0 Å². The van der Waals surface area contributed by atoms with Crippen LogP contribution in [0.1, 0.15) is 5.56 Å². The van der Waals surface area contributed by atoms with Gasteiger partial charge >= 0.3 is 5.97 Å². The lowest BCUT2D eigenvalue weighted by molar-refractivity contribution is -0.138. The van der Waals surface area contributed by atoms with E-state index in [-0.39, 0.29) is 6.42 Å². The first-order valence-electron chi connectivity index (χ1n) is 6.36. The van der Waals surface area contributed by atoms with Gasteiger partial charge in [-0.3, -0.25) is 0 Å². The summed E-state index contributed by atoms with van der Waals surface area (Å²) in [6.07, 6.45) is 1.48. The van der Waals surface area contributed by atoms with Crippen LogP contribution >= 0.6 is 0 Å². The van der Waals surface area contributed by atoms with Crippen LogP contribution in [0.2, 0.25) is 0 Å². The second kappa shape index (κ2) is 9.86. The lowest BCUT2D eigenvalue weighted by Crippen LogP contribution is -2.30. The third kappa shape index (κ3) is 6.80. The smallest absolute Gasteiger partial charge is 0.329 e. The Hall–Kier alpha value is -2.01. The number of carboxylic acids is 1. The van der Waals surface area contributed by atoms with Crippen LogP contribution in [0.4, 0.5) is 0 Å². The summed E-state index contributed by atoms with van der Waals surface area (Å²) in [6, 6.07) is 7.99. The Morgan fingerprint density at radius 2 is 2.00 bits per heavy atom. The van der Waals surface area contributed by atoms with Gasteiger partial charge in [-0.15, -0.1) is 0 Å². The van der Waals surface area contributed by atoms with E-state index < -0.39 is 12.0 Å². The number of benzene rings is 1. The fourth-order valence-corrected chi connectivity index (χ4v) is 1.60. The fraction of sp³-hybridized carbons (Fsp3) is 0.429. The summed E-state index contributed by atoms with van der Waals surface area (Å²) in [6.45, 7) is 3.83. The van der Waals surface area contributed by atoms with E-state index in [1.54, 1.807) is 24.3 Å². The Labute approximate surface area is 117 Å². The van der Waals surface area contributed by atoms with Gasteiger partial charge in [-0.25, -0.2) is 9.59 Å². The number of nitrogens with one attached hydrogen (secondary N) is 1. The zero-order valence-corrected chi connectivity index (χ0v) is 11.1. The van der Waals surface area contributed by atoms with Gasteiger partial charge in [0.15, 0.2) is 6.04 Å². The Kier molecular flexibility index (Phi) is 7.91. The number of carbonyl (C=O) groups is 1. The van der Waals surface area contributed by atoms with E-state index in [0.717, 1.165) is 31.9 Å². The van der Waals surface area contributed by atoms with Gasteiger partial charge in [0.05, 0.1) is 13.2 Å². The van der Waals surface area contributed by atoms with Crippen LogP contribution in [0, 0.1) is 0 Å². The van der Waals surface area contributed by atoms with Gasteiger partial charge in [0, 0.05) is 19.5 Å². The van der Waals surface area contributed by atoms with Crippen LogP contribution in [0.5, 0.6) is 0 Å². The van der Waals surface area contributed by atoms with Gasteiger partial charge in [0.1, 0.15) is 0 Å². The molecule has 6 nitrogen and oxygen atoms in total. The maximum absolute atomic E-state index is 10.6. The van der Waals surface area contributed by atoms with Gasteiger partial charge < -0.3 is 15.2 Å².